The molecule has 2 aromatic rings. The zero-order valence-corrected chi connectivity index (χ0v) is 11.1. The number of rotatable bonds is 3. The minimum atomic E-state index is -0.0844. The lowest BCUT2D eigenvalue weighted by Crippen LogP contribution is -2.26. The van der Waals surface area contributed by atoms with Crippen molar-refractivity contribution in [1.29, 1.82) is 0 Å². The zero-order valence-electron chi connectivity index (χ0n) is 11.1. The highest BCUT2D eigenvalue weighted by Gasteiger charge is 2.16. The fourth-order valence-corrected chi connectivity index (χ4v) is 1.86. The standard InChI is InChI=1S/C12H17N5O/c1-9-10(8-17(4)13-9)7-15(2)12(18)11-5-6-16(3)14-11/h5-6,8H,7H2,1-4H3. The Hall–Kier alpha value is -2.11. The van der Waals surface area contributed by atoms with Crippen LogP contribution in [-0.4, -0.2) is 37.4 Å². The Morgan fingerprint density at radius 2 is 2.06 bits per heavy atom. The molecule has 0 radical (unpaired) electrons. The molecule has 0 saturated carbocycles. The Balaban J connectivity index is 2.10. The van der Waals surface area contributed by atoms with Gasteiger partial charge in [-0.25, -0.2) is 0 Å². The lowest BCUT2D eigenvalue weighted by Gasteiger charge is -2.15. The van der Waals surface area contributed by atoms with Crippen LogP contribution in [0, 0.1) is 6.92 Å². The van der Waals surface area contributed by atoms with Gasteiger partial charge in [0.2, 0.25) is 0 Å². The maximum absolute atomic E-state index is 12.1. The number of amides is 1. The Morgan fingerprint density at radius 3 is 2.56 bits per heavy atom. The van der Waals surface area contributed by atoms with Crippen molar-refractivity contribution in [2.75, 3.05) is 7.05 Å². The van der Waals surface area contributed by atoms with E-state index in [9.17, 15) is 4.79 Å². The van der Waals surface area contributed by atoms with Crippen LogP contribution in [-0.2, 0) is 20.6 Å². The number of carbonyl (C=O) groups excluding carboxylic acids is 1. The average molecular weight is 247 g/mol. The molecule has 0 saturated heterocycles. The van der Waals surface area contributed by atoms with Crippen molar-refractivity contribution < 1.29 is 4.79 Å². The predicted octanol–water partition coefficient (Wildman–Crippen LogP) is 0.734. The largest absolute Gasteiger partial charge is 0.336 e. The third-order valence-electron chi connectivity index (χ3n) is 2.80. The highest BCUT2D eigenvalue weighted by molar-refractivity contribution is 5.91. The van der Waals surface area contributed by atoms with E-state index in [1.165, 1.54) is 0 Å². The van der Waals surface area contributed by atoms with Crippen LogP contribution in [0.4, 0.5) is 0 Å². The summed E-state index contributed by atoms with van der Waals surface area (Å²) in [7, 11) is 5.43. The van der Waals surface area contributed by atoms with E-state index in [1.807, 2.05) is 20.2 Å². The van der Waals surface area contributed by atoms with E-state index in [-0.39, 0.29) is 5.91 Å². The summed E-state index contributed by atoms with van der Waals surface area (Å²) >= 11 is 0. The number of carbonyl (C=O) groups is 1. The van der Waals surface area contributed by atoms with E-state index in [1.54, 1.807) is 40.6 Å². The fraction of sp³-hybridized carbons (Fsp3) is 0.417. The van der Waals surface area contributed by atoms with Crippen molar-refractivity contribution >= 4 is 5.91 Å². The molecule has 6 nitrogen and oxygen atoms in total. The molecule has 0 aliphatic rings. The van der Waals surface area contributed by atoms with Gasteiger partial charge in [0.05, 0.1) is 5.69 Å². The van der Waals surface area contributed by atoms with Crippen molar-refractivity contribution in [2.45, 2.75) is 13.5 Å². The minimum Gasteiger partial charge on any atom is -0.336 e. The summed E-state index contributed by atoms with van der Waals surface area (Å²) in [6.07, 6.45) is 3.69. The molecule has 1 amide bonds. The second-order valence-electron chi connectivity index (χ2n) is 4.45. The second-order valence-corrected chi connectivity index (χ2v) is 4.45. The van der Waals surface area contributed by atoms with Gasteiger partial charge < -0.3 is 4.90 Å². The van der Waals surface area contributed by atoms with E-state index < -0.39 is 0 Å². The van der Waals surface area contributed by atoms with Gasteiger partial charge in [0.15, 0.2) is 0 Å². The predicted molar refractivity (Wildman–Crippen MR) is 67.0 cm³/mol. The van der Waals surface area contributed by atoms with Crippen LogP contribution in [0.25, 0.3) is 0 Å². The van der Waals surface area contributed by atoms with E-state index in [0.29, 0.717) is 12.2 Å². The zero-order chi connectivity index (χ0) is 13.3. The molecule has 0 unspecified atom stereocenters. The summed E-state index contributed by atoms with van der Waals surface area (Å²) in [6.45, 7) is 2.48. The van der Waals surface area contributed by atoms with Gasteiger partial charge in [-0.05, 0) is 13.0 Å². The summed E-state index contributed by atoms with van der Waals surface area (Å²) in [6, 6.07) is 1.72. The van der Waals surface area contributed by atoms with E-state index in [0.717, 1.165) is 11.3 Å². The quantitative estimate of drug-likeness (QED) is 0.803. The molecule has 0 N–H and O–H groups in total. The van der Waals surface area contributed by atoms with E-state index in [4.69, 9.17) is 0 Å². The average Bonchev–Trinajstić information content (AvgIpc) is 2.85. The number of hydrogen-bond acceptors (Lipinski definition) is 3. The Kier molecular flexibility index (Phi) is 3.18. The third kappa shape index (κ3) is 2.42. The topological polar surface area (TPSA) is 56.0 Å². The Morgan fingerprint density at radius 1 is 1.33 bits per heavy atom. The molecule has 0 aliphatic heterocycles. The summed E-state index contributed by atoms with van der Waals surface area (Å²) in [5.74, 6) is -0.0844. The molecule has 96 valence electrons. The van der Waals surface area contributed by atoms with Crippen LogP contribution in [0.15, 0.2) is 18.5 Å². The summed E-state index contributed by atoms with van der Waals surface area (Å²) < 4.78 is 3.38. The molecule has 2 heterocycles. The van der Waals surface area contributed by atoms with Crippen LogP contribution in [0.1, 0.15) is 21.7 Å². The van der Waals surface area contributed by atoms with Crippen LogP contribution in [0.2, 0.25) is 0 Å². The maximum atomic E-state index is 12.1. The first-order valence-electron chi connectivity index (χ1n) is 5.71. The third-order valence-corrected chi connectivity index (χ3v) is 2.80. The first kappa shape index (κ1) is 12.3. The molecule has 2 aromatic heterocycles. The first-order valence-corrected chi connectivity index (χ1v) is 5.71. The second kappa shape index (κ2) is 4.64. The van der Waals surface area contributed by atoms with Gasteiger partial charge in [0.25, 0.3) is 5.91 Å². The van der Waals surface area contributed by atoms with Crippen molar-refractivity contribution in [3.05, 3.63) is 35.4 Å². The van der Waals surface area contributed by atoms with Gasteiger partial charge in [0.1, 0.15) is 5.69 Å². The Bertz CT molecular complexity index is 569. The normalized spacial score (nSPS) is 10.7. The molecular formula is C12H17N5O. The smallest absolute Gasteiger partial charge is 0.274 e. The number of aromatic nitrogens is 4. The van der Waals surface area contributed by atoms with Gasteiger partial charge in [-0.3, -0.25) is 14.2 Å². The molecule has 0 atom stereocenters. The molecule has 0 aliphatic carbocycles. The molecule has 6 heteroatoms. The van der Waals surface area contributed by atoms with Crippen LogP contribution < -0.4 is 0 Å². The minimum absolute atomic E-state index is 0.0844. The molecule has 0 spiro atoms. The number of nitrogens with zero attached hydrogens (tertiary/aromatic N) is 5. The highest BCUT2D eigenvalue weighted by Crippen LogP contribution is 2.09. The number of aryl methyl sites for hydroxylation is 3. The van der Waals surface area contributed by atoms with Gasteiger partial charge >= 0.3 is 0 Å². The van der Waals surface area contributed by atoms with Gasteiger partial charge in [-0.15, -0.1) is 0 Å². The summed E-state index contributed by atoms with van der Waals surface area (Å²) in [5, 5.41) is 8.36. The molecular weight excluding hydrogens is 230 g/mol. The maximum Gasteiger partial charge on any atom is 0.274 e. The van der Waals surface area contributed by atoms with Gasteiger partial charge in [-0.1, -0.05) is 0 Å². The van der Waals surface area contributed by atoms with E-state index in [2.05, 4.69) is 10.2 Å². The molecule has 2 rings (SSSR count). The molecule has 0 fully saturated rings. The number of hydrogen-bond donors (Lipinski definition) is 0. The van der Waals surface area contributed by atoms with Crippen molar-refractivity contribution in [1.82, 2.24) is 24.5 Å². The highest BCUT2D eigenvalue weighted by atomic mass is 16.2. The van der Waals surface area contributed by atoms with Crippen molar-refractivity contribution in [3.63, 3.8) is 0 Å². The van der Waals surface area contributed by atoms with Crippen LogP contribution in [0.5, 0.6) is 0 Å². The Labute approximate surface area is 106 Å². The van der Waals surface area contributed by atoms with Crippen LogP contribution >= 0.6 is 0 Å². The molecule has 0 aromatic carbocycles. The van der Waals surface area contributed by atoms with E-state index >= 15 is 0 Å². The molecule has 0 bridgehead atoms. The lowest BCUT2D eigenvalue weighted by molar-refractivity contribution is 0.0778. The molecule has 18 heavy (non-hydrogen) atoms. The van der Waals surface area contributed by atoms with Crippen LogP contribution in [0.3, 0.4) is 0 Å². The van der Waals surface area contributed by atoms with Crippen molar-refractivity contribution in [3.8, 4) is 0 Å². The van der Waals surface area contributed by atoms with Gasteiger partial charge in [-0.2, -0.15) is 10.2 Å². The lowest BCUT2D eigenvalue weighted by atomic mass is 10.2. The van der Waals surface area contributed by atoms with Gasteiger partial charge in [0, 0.05) is 45.6 Å². The first-order chi connectivity index (χ1) is 8.47. The fourth-order valence-electron chi connectivity index (χ4n) is 1.86. The van der Waals surface area contributed by atoms with Crippen molar-refractivity contribution in [2.24, 2.45) is 14.1 Å². The SMILES string of the molecule is Cc1nn(C)cc1CN(C)C(=O)c1ccn(C)n1. The monoisotopic (exact) mass is 247 g/mol. The summed E-state index contributed by atoms with van der Waals surface area (Å²) in [4.78, 5) is 13.7. The summed E-state index contributed by atoms with van der Waals surface area (Å²) in [5.41, 5.74) is 2.45.